The molecule has 2 atom stereocenters. The van der Waals surface area contributed by atoms with Crippen molar-refractivity contribution in [3.05, 3.63) is 35.4 Å². The number of carbonyl (C=O) groups excluding carboxylic acids is 1. The van der Waals surface area contributed by atoms with E-state index in [0.29, 0.717) is 13.2 Å². The van der Waals surface area contributed by atoms with Gasteiger partial charge in [0.25, 0.3) is 0 Å². The summed E-state index contributed by atoms with van der Waals surface area (Å²) >= 11 is 0. The molecular weight excluding hydrogens is 240 g/mol. The Hall–Kier alpha value is -1.39. The van der Waals surface area contributed by atoms with Gasteiger partial charge in [-0.05, 0) is 25.8 Å². The molecule has 1 aliphatic rings. The fraction of sp³-hybridized carbons (Fsp3) is 0.533. The van der Waals surface area contributed by atoms with Gasteiger partial charge in [0.1, 0.15) is 6.04 Å². The summed E-state index contributed by atoms with van der Waals surface area (Å²) in [5.41, 5.74) is 2.50. The Morgan fingerprint density at radius 2 is 2.16 bits per heavy atom. The molecule has 4 nitrogen and oxygen atoms in total. The van der Waals surface area contributed by atoms with Crippen molar-refractivity contribution in [2.45, 2.75) is 32.4 Å². The highest BCUT2D eigenvalue weighted by atomic mass is 16.5. The SMILES string of the molecule is Cc1ccc(CCNC(=O)[C@H]2NCCO[C@@H]2C)cc1. The molecule has 0 radical (unpaired) electrons. The molecule has 1 aliphatic heterocycles. The Labute approximate surface area is 114 Å². The van der Waals surface area contributed by atoms with Gasteiger partial charge in [-0.3, -0.25) is 4.79 Å². The molecule has 2 N–H and O–H groups in total. The van der Waals surface area contributed by atoms with Gasteiger partial charge in [-0.25, -0.2) is 0 Å². The van der Waals surface area contributed by atoms with Gasteiger partial charge in [0.15, 0.2) is 0 Å². The van der Waals surface area contributed by atoms with Crippen molar-refractivity contribution in [2.24, 2.45) is 0 Å². The summed E-state index contributed by atoms with van der Waals surface area (Å²) in [6.45, 7) is 6.07. The van der Waals surface area contributed by atoms with Crippen LogP contribution in [0.25, 0.3) is 0 Å². The van der Waals surface area contributed by atoms with E-state index < -0.39 is 0 Å². The summed E-state index contributed by atoms with van der Waals surface area (Å²) in [4.78, 5) is 12.0. The lowest BCUT2D eigenvalue weighted by Crippen LogP contribution is -2.55. The Morgan fingerprint density at radius 3 is 2.84 bits per heavy atom. The fourth-order valence-electron chi connectivity index (χ4n) is 2.22. The maximum atomic E-state index is 12.0. The number of hydrogen-bond acceptors (Lipinski definition) is 3. The zero-order chi connectivity index (χ0) is 13.7. The lowest BCUT2D eigenvalue weighted by molar-refractivity contribution is -0.128. The second-order valence-electron chi connectivity index (χ2n) is 5.03. The number of nitrogens with one attached hydrogen (secondary N) is 2. The van der Waals surface area contributed by atoms with Crippen molar-refractivity contribution in [3.63, 3.8) is 0 Å². The molecule has 19 heavy (non-hydrogen) atoms. The van der Waals surface area contributed by atoms with Crippen LogP contribution in [0.4, 0.5) is 0 Å². The van der Waals surface area contributed by atoms with E-state index in [4.69, 9.17) is 4.74 Å². The smallest absolute Gasteiger partial charge is 0.239 e. The second kappa shape index (κ2) is 6.68. The number of hydrogen-bond donors (Lipinski definition) is 2. The lowest BCUT2D eigenvalue weighted by atomic mass is 10.1. The molecular formula is C15H22N2O2. The molecule has 1 heterocycles. The topological polar surface area (TPSA) is 50.4 Å². The van der Waals surface area contributed by atoms with E-state index in [9.17, 15) is 4.79 Å². The third-order valence-corrected chi connectivity index (χ3v) is 3.43. The van der Waals surface area contributed by atoms with Crippen LogP contribution < -0.4 is 10.6 Å². The first-order chi connectivity index (χ1) is 9.16. The molecule has 0 aromatic heterocycles. The van der Waals surface area contributed by atoms with Crippen LogP contribution in [0.3, 0.4) is 0 Å². The Morgan fingerprint density at radius 1 is 1.42 bits per heavy atom. The minimum Gasteiger partial charge on any atom is -0.375 e. The van der Waals surface area contributed by atoms with Gasteiger partial charge in [-0.1, -0.05) is 29.8 Å². The van der Waals surface area contributed by atoms with Crippen molar-refractivity contribution in [1.82, 2.24) is 10.6 Å². The molecule has 0 saturated carbocycles. The number of carbonyl (C=O) groups is 1. The Balaban J connectivity index is 1.75. The zero-order valence-electron chi connectivity index (χ0n) is 11.6. The summed E-state index contributed by atoms with van der Waals surface area (Å²) in [7, 11) is 0. The minimum absolute atomic E-state index is 0.0271. The van der Waals surface area contributed by atoms with Crippen LogP contribution in [0.2, 0.25) is 0 Å². The molecule has 1 amide bonds. The molecule has 0 unspecified atom stereocenters. The number of aryl methyl sites for hydroxylation is 1. The van der Waals surface area contributed by atoms with Crippen LogP contribution in [-0.2, 0) is 16.0 Å². The van der Waals surface area contributed by atoms with Crippen molar-refractivity contribution >= 4 is 5.91 Å². The monoisotopic (exact) mass is 262 g/mol. The second-order valence-corrected chi connectivity index (χ2v) is 5.03. The molecule has 4 heteroatoms. The standard InChI is InChI=1S/C15H22N2O2/c1-11-3-5-13(6-4-11)7-8-17-15(18)14-12(2)19-10-9-16-14/h3-6,12,14,16H,7-10H2,1-2H3,(H,17,18)/t12-,14+/m1/s1. The highest BCUT2D eigenvalue weighted by molar-refractivity contribution is 5.82. The van der Waals surface area contributed by atoms with E-state index in [-0.39, 0.29) is 18.1 Å². The zero-order valence-corrected chi connectivity index (χ0v) is 11.6. The largest absolute Gasteiger partial charge is 0.375 e. The van der Waals surface area contributed by atoms with Gasteiger partial charge in [0, 0.05) is 13.1 Å². The van der Waals surface area contributed by atoms with Crippen LogP contribution >= 0.6 is 0 Å². The number of rotatable bonds is 4. The first-order valence-electron chi connectivity index (χ1n) is 6.85. The van der Waals surface area contributed by atoms with Crippen LogP contribution in [0.15, 0.2) is 24.3 Å². The van der Waals surface area contributed by atoms with Gasteiger partial charge in [-0.15, -0.1) is 0 Å². The third-order valence-electron chi connectivity index (χ3n) is 3.43. The van der Waals surface area contributed by atoms with Crippen molar-refractivity contribution in [2.75, 3.05) is 19.7 Å². The van der Waals surface area contributed by atoms with Gasteiger partial charge in [-0.2, -0.15) is 0 Å². The summed E-state index contributed by atoms with van der Waals surface area (Å²) in [5.74, 6) is 0.0271. The van der Waals surface area contributed by atoms with E-state index in [0.717, 1.165) is 13.0 Å². The van der Waals surface area contributed by atoms with E-state index in [2.05, 4.69) is 41.8 Å². The van der Waals surface area contributed by atoms with E-state index >= 15 is 0 Å². The number of ether oxygens (including phenoxy) is 1. The highest BCUT2D eigenvalue weighted by Gasteiger charge is 2.27. The molecule has 2 rings (SSSR count). The highest BCUT2D eigenvalue weighted by Crippen LogP contribution is 2.05. The molecule has 0 aliphatic carbocycles. The Bertz CT molecular complexity index is 417. The fourth-order valence-corrected chi connectivity index (χ4v) is 2.22. The molecule has 1 aromatic carbocycles. The quantitative estimate of drug-likeness (QED) is 0.852. The van der Waals surface area contributed by atoms with Crippen LogP contribution in [0.1, 0.15) is 18.1 Å². The molecule has 1 aromatic rings. The van der Waals surface area contributed by atoms with E-state index in [1.54, 1.807) is 0 Å². The minimum atomic E-state index is -0.230. The summed E-state index contributed by atoms with van der Waals surface area (Å²) in [6.07, 6.45) is 0.793. The summed E-state index contributed by atoms with van der Waals surface area (Å²) in [6, 6.07) is 8.16. The predicted molar refractivity (Wildman–Crippen MR) is 75.1 cm³/mol. The molecule has 1 fully saturated rings. The Kier molecular flexibility index (Phi) is 4.93. The van der Waals surface area contributed by atoms with E-state index in [1.165, 1.54) is 11.1 Å². The maximum Gasteiger partial charge on any atom is 0.239 e. The predicted octanol–water partition coefficient (Wildman–Crippen LogP) is 1.03. The summed E-state index contributed by atoms with van der Waals surface area (Å²) < 4.78 is 5.47. The first-order valence-corrected chi connectivity index (χ1v) is 6.85. The van der Waals surface area contributed by atoms with Crippen molar-refractivity contribution in [3.8, 4) is 0 Å². The van der Waals surface area contributed by atoms with Gasteiger partial charge in [0.05, 0.1) is 12.7 Å². The average Bonchev–Trinajstić information content (AvgIpc) is 2.41. The number of morpholine rings is 1. The normalized spacial score (nSPS) is 23.1. The van der Waals surface area contributed by atoms with Crippen LogP contribution in [-0.4, -0.2) is 37.7 Å². The van der Waals surface area contributed by atoms with Crippen LogP contribution in [0.5, 0.6) is 0 Å². The van der Waals surface area contributed by atoms with Gasteiger partial charge >= 0.3 is 0 Å². The molecule has 1 saturated heterocycles. The van der Waals surface area contributed by atoms with Gasteiger partial charge in [0.2, 0.25) is 5.91 Å². The average molecular weight is 262 g/mol. The number of benzene rings is 1. The molecule has 0 bridgehead atoms. The van der Waals surface area contributed by atoms with Gasteiger partial charge < -0.3 is 15.4 Å². The maximum absolute atomic E-state index is 12.0. The third kappa shape index (κ3) is 4.04. The molecule has 104 valence electrons. The first kappa shape index (κ1) is 14.0. The van der Waals surface area contributed by atoms with Crippen molar-refractivity contribution in [1.29, 1.82) is 0 Å². The molecule has 0 spiro atoms. The lowest BCUT2D eigenvalue weighted by Gasteiger charge is -2.29. The number of amides is 1. The van der Waals surface area contributed by atoms with E-state index in [1.807, 2.05) is 6.92 Å². The van der Waals surface area contributed by atoms with Crippen LogP contribution in [0, 0.1) is 6.92 Å². The summed E-state index contributed by atoms with van der Waals surface area (Å²) in [5, 5.41) is 6.15. The van der Waals surface area contributed by atoms with Crippen molar-refractivity contribution < 1.29 is 9.53 Å².